The van der Waals surface area contributed by atoms with Gasteiger partial charge in [-0.1, -0.05) is 62.4 Å². The van der Waals surface area contributed by atoms with E-state index in [2.05, 4.69) is 11.6 Å². The quantitative estimate of drug-likeness (QED) is 0.158. The molecule has 4 aliphatic rings. The number of amides is 2. The fourth-order valence-corrected chi connectivity index (χ4v) is 10.1. The number of fused-ring (bicyclic) bond motifs is 5. The second kappa shape index (κ2) is 15.0. The molecule has 2 aliphatic heterocycles. The highest BCUT2D eigenvalue weighted by molar-refractivity contribution is 7.90. The number of Topliss-reactive ketones (excluding diaryl/α,β-unsaturated/α-hetero) is 1. The van der Waals surface area contributed by atoms with Gasteiger partial charge in [-0.3, -0.25) is 23.9 Å². The number of hydrogen-bond donors (Lipinski definition) is 1. The largest absolute Gasteiger partial charge is 0.472 e. The Hall–Kier alpha value is -4.32. The van der Waals surface area contributed by atoms with Crippen molar-refractivity contribution in [3.63, 3.8) is 0 Å². The summed E-state index contributed by atoms with van der Waals surface area (Å²) in [5.41, 5.74) is -1.24. The van der Waals surface area contributed by atoms with E-state index in [9.17, 15) is 27.6 Å². The molecule has 0 spiro atoms. The van der Waals surface area contributed by atoms with Gasteiger partial charge in [0.15, 0.2) is 5.78 Å². The Morgan fingerprint density at radius 2 is 1.65 bits per heavy atom. The topological polar surface area (TPSA) is 149 Å². The number of allylic oxidation sites excluding steroid dienone is 2. The summed E-state index contributed by atoms with van der Waals surface area (Å²) in [6.45, 7) is 9.55. The molecule has 1 aromatic heterocycles. The van der Waals surface area contributed by atoms with Crippen molar-refractivity contribution in [2.75, 3.05) is 6.54 Å². The van der Waals surface area contributed by atoms with Crippen LogP contribution in [0.15, 0.2) is 60.7 Å². The standard InChI is InChI=1S/C43H53N3O8S/c1-26-12-6-7-13-28-23-43(28,41(50)45-55(51,52)30-18-19-30)24-37(47)36-21-29(25-46(36)40(49)34(27(2)20-26)22-38(48)54-42(3,4)5)53-39-33-16-9-8-14-31(33)32-15-10-11-17-35(32)44-39/h7-11,13-17,26-30,34,36H,6,12,18-25H2,1-5H3,(H,45,50)/b13-7-/t26-,27-,28-,29-,34+,36?,43-/m1/s1. The van der Waals surface area contributed by atoms with Crippen LogP contribution in [0, 0.1) is 29.1 Å². The zero-order chi connectivity index (χ0) is 39.3. The van der Waals surface area contributed by atoms with E-state index in [1.807, 2.05) is 67.6 Å². The van der Waals surface area contributed by atoms with E-state index in [0.717, 1.165) is 34.5 Å². The van der Waals surface area contributed by atoms with Gasteiger partial charge in [0, 0.05) is 23.6 Å². The van der Waals surface area contributed by atoms with Crippen LogP contribution in [0.5, 0.6) is 5.88 Å². The first-order chi connectivity index (χ1) is 26.0. The fraction of sp³-hybridized carbons (Fsp3) is 0.558. The second-order valence-corrected chi connectivity index (χ2v) is 19.4. The van der Waals surface area contributed by atoms with E-state index < -0.39 is 56.2 Å². The van der Waals surface area contributed by atoms with Gasteiger partial charge in [0.05, 0.1) is 41.1 Å². The third-order valence-corrected chi connectivity index (χ3v) is 13.6. The van der Waals surface area contributed by atoms with Crippen molar-refractivity contribution in [1.29, 1.82) is 0 Å². The minimum absolute atomic E-state index is 0.0732. The third-order valence-electron chi connectivity index (χ3n) is 11.8. The number of esters is 1. The zero-order valence-electron chi connectivity index (χ0n) is 32.5. The Kier molecular flexibility index (Phi) is 10.6. The maximum absolute atomic E-state index is 14.9. The van der Waals surface area contributed by atoms with E-state index in [1.54, 1.807) is 25.7 Å². The van der Waals surface area contributed by atoms with Crippen molar-refractivity contribution >= 4 is 55.3 Å². The average Bonchev–Trinajstić information content (AvgIpc) is 4.05. The van der Waals surface area contributed by atoms with Crippen molar-refractivity contribution in [1.82, 2.24) is 14.6 Å². The monoisotopic (exact) mass is 771 g/mol. The fourth-order valence-electron chi connectivity index (χ4n) is 8.67. The van der Waals surface area contributed by atoms with Gasteiger partial charge in [0.1, 0.15) is 11.7 Å². The molecule has 3 fully saturated rings. The number of benzene rings is 2. The summed E-state index contributed by atoms with van der Waals surface area (Å²) in [5.74, 6) is -2.48. The average molecular weight is 772 g/mol. The number of ketones is 1. The summed E-state index contributed by atoms with van der Waals surface area (Å²) in [6.07, 6.45) is 6.71. The maximum atomic E-state index is 14.9. The summed E-state index contributed by atoms with van der Waals surface area (Å²) >= 11 is 0. The van der Waals surface area contributed by atoms with Crippen LogP contribution in [0.3, 0.4) is 0 Å². The lowest BCUT2D eigenvalue weighted by atomic mass is 9.82. The lowest BCUT2D eigenvalue weighted by Gasteiger charge is -2.32. The van der Waals surface area contributed by atoms with Crippen LogP contribution in [-0.2, 0) is 33.9 Å². The van der Waals surface area contributed by atoms with Gasteiger partial charge < -0.3 is 14.4 Å². The molecule has 0 bridgehead atoms. The highest BCUT2D eigenvalue weighted by atomic mass is 32.2. The lowest BCUT2D eigenvalue weighted by molar-refractivity contribution is -0.160. The Balaban J connectivity index is 1.24. The number of carbonyl (C=O) groups excluding carboxylic acids is 4. The predicted octanol–water partition coefficient (Wildman–Crippen LogP) is 6.67. The normalized spacial score (nSPS) is 29.8. The third kappa shape index (κ3) is 8.44. The Morgan fingerprint density at radius 3 is 2.36 bits per heavy atom. The molecule has 12 heteroatoms. The van der Waals surface area contributed by atoms with E-state index in [1.165, 1.54) is 0 Å². The molecule has 11 nitrogen and oxygen atoms in total. The highest BCUT2D eigenvalue weighted by Crippen LogP contribution is 2.57. The Morgan fingerprint density at radius 1 is 0.964 bits per heavy atom. The molecule has 1 unspecified atom stereocenters. The number of pyridine rings is 1. The van der Waals surface area contributed by atoms with Crippen molar-refractivity contribution in [3.8, 4) is 5.88 Å². The second-order valence-electron chi connectivity index (χ2n) is 17.5. The maximum Gasteiger partial charge on any atom is 0.307 e. The first kappa shape index (κ1) is 38.9. The van der Waals surface area contributed by atoms with E-state index in [-0.39, 0.29) is 55.3 Å². The van der Waals surface area contributed by atoms with Crippen LogP contribution in [0.25, 0.3) is 21.7 Å². The number of aromatic nitrogens is 1. The summed E-state index contributed by atoms with van der Waals surface area (Å²) in [4.78, 5) is 63.2. The highest BCUT2D eigenvalue weighted by Gasteiger charge is 2.61. The molecule has 3 aromatic rings. The lowest BCUT2D eigenvalue weighted by Crippen LogP contribution is -2.47. The van der Waals surface area contributed by atoms with Gasteiger partial charge in [0.2, 0.25) is 27.7 Å². The molecule has 7 rings (SSSR count). The SMILES string of the molecule is C[C@@H]1CC/C=C\[C@@H]2C[C@@]2(C(=O)NS(=O)(=O)C2CC2)CC(=O)C2C[C@@H](Oc3nc4ccccc4c4ccccc34)CN2C(=O)[C@@H](CC(=O)OC(C)(C)C)[C@H](C)C1. The smallest absolute Gasteiger partial charge is 0.307 e. The van der Waals surface area contributed by atoms with Gasteiger partial charge in [0.25, 0.3) is 0 Å². The first-order valence-corrected chi connectivity index (χ1v) is 21.3. The Labute approximate surface area is 323 Å². The van der Waals surface area contributed by atoms with Crippen LogP contribution in [0.1, 0.15) is 92.4 Å². The first-order valence-electron chi connectivity index (χ1n) is 19.8. The molecular formula is C43H53N3O8S. The van der Waals surface area contributed by atoms with Crippen LogP contribution in [0.2, 0.25) is 0 Å². The van der Waals surface area contributed by atoms with Gasteiger partial charge in [-0.15, -0.1) is 0 Å². The molecule has 1 N–H and O–H groups in total. The molecule has 2 saturated carbocycles. The molecule has 2 amide bonds. The van der Waals surface area contributed by atoms with E-state index in [4.69, 9.17) is 14.5 Å². The molecule has 1 saturated heterocycles. The molecule has 2 aliphatic carbocycles. The molecule has 2 aromatic carbocycles. The van der Waals surface area contributed by atoms with Gasteiger partial charge in [-0.2, -0.15) is 0 Å². The number of hydrogen-bond acceptors (Lipinski definition) is 9. The van der Waals surface area contributed by atoms with Gasteiger partial charge in [-0.25, -0.2) is 13.4 Å². The van der Waals surface area contributed by atoms with Crippen LogP contribution in [0.4, 0.5) is 0 Å². The van der Waals surface area contributed by atoms with E-state index >= 15 is 0 Å². The number of carbonyl (C=O) groups is 4. The molecule has 55 heavy (non-hydrogen) atoms. The summed E-state index contributed by atoms with van der Waals surface area (Å²) in [5, 5.41) is 2.15. The van der Waals surface area contributed by atoms with Crippen molar-refractivity contribution in [3.05, 3.63) is 60.7 Å². The summed E-state index contributed by atoms with van der Waals surface area (Å²) in [6, 6.07) is 14.6. The van der Waals surface area contributed by atoms with Gasteiger partial charge in [-0.05, 0) is 94.6 Å². The number of sulfonamides is 1. The minimum Gasteiger partial charge on any atom is -0.472 e. The van der Waals surface area contributed by atoms with Crippen LogP contribution >= 0.6 is 0 Å². The van der Waals surface area contributed by atoms with Crippen molar-refractivity contribution in [2.45, 2.75) is 115 Å². The van der Waals surface area contributed by atoms with Crippen molar-refractivity contribution in [2.24, 2.45) is 29.1 Å². The zero-order valence-corrected chi connectivity index (χ0v) is 33.3. The molecular weight excluding hydrogens is 719 g/mol. The number of nitrogens with zero attached hydrogens (tertiary/aromatic N) is 2. The number of ether oxygens (including phenoxy) is 2. The number of rotatable bonds is 7. The van der Waals surface area contributed by atoms with Gasteiger partial charge >= 0.3 is 5.97 Å². The molecule has 0 radical (unpaired) electrons. The van der Waals surface area contributed by atoms with Crippen LogP contribution < -0.4 is 9.46 Å². The molecule has 7 atom stereocenters. The Bertz CT molecular complexity index is 2140. The van der Waals surface area contributed by atoms with Crippen LogP contribution in [-0.4, -0.2) is 71.4 Å². The molecule has 294 valence electrons. The minimum atomic E-state index is -3.85. The molecule has 3 heterocycles. The van der Waals surface area contributed by atoms with E-state index in [0.29, 0.717) is 31.6 Å². The summed E-state index contributed by atoms with van der Waals surface area (Å²) in [7, 11) is -3.85. The van der Waals surface area contributed by atoms with Crippen molar-refractivity contribution < 1.29 is 37.1 Å². The number of nitrogens with one attached hydrogen (secondary N) is 1. The number of para-hydroxylation sites is 1. The predicted molar refractivity (Wildman–Crippen MR) is 209 cm³/mol. The summed E-state index contributed by atoms with van der Waals surface area (Å²) < 4.78 is 40.5.